The average molecular weight is 227 g/mol. The molecule has 1 atom stereocenters. The van der Waals surface area contributed by atoms with Gasteiger partial charge in [0.25, 0.3) is 0 Å². The summed E-state index contributed by atoms with van der Waals surface area (Å²) in [6.45, 7) is 12.1. The standard InChI is InChI=1S/C13H29N3/c1-7-12(8-2)9-15-13(14-6)16-11(5)10(3)4/h10-12H,7-9H2,1-6H3,(H2,14,15,16). The van der Waals surface area contributed by atoms with Gasteiger partial charge in [-0.1, -0.05) is 40.5 Å². The van der Waals surface area contributed by atoms with Crippen LogP contribution in [0.1, 0.15) is 47.5 Å². The molecule has 0 saturated carbocycles. The van der Waals surface area contributed by atoms with Gasteiger partial charge in [-0.05, 0) is 18.8 Å². The zero-order valence-corrected chi connectivity index (χ0v) is 11.8. The first-order chi connectivity index (χ1) is 7.54. The summed E-state index contributed by atoms with van der Waals surface area (Å²) in [4.78, 5) is 4.25. The van der Waals surface area contributed by atoms with Crippen LogP contribution in [0.25, 0.3) is 0 Å². The van der Waals surface area contributed by atoms with E-state index in [1.54, 1.807) is 0 Å². The van der Waals surface area contributed by atoms with Crippen molar-refractivity contribution in [3.05, 3.63) is 0 Å². The molecular formula is C13H29N3. The van der Waals surface area contributed by atoms with Gasteiger partial charge in [0.2, 0.25) is 0 Å². The second-order valence-corrected chi connectivity index (χ2v) is 4.81. The molecule has 0 bridgehead atoms. The fourth-order valence-corrected chi connectivity index (χ4v) is 1.40. The van der Waals surface area contributed by atoms with Crippen LogP contribution in [0.3, 0.4) is 0 Å². The molecular weight excluding hydrogens is 198 g/mol. The first-order valence-corrected chi connectivity index (χ1v) is 6.52. The smallest absolute Gasteiger partial charge is 0.191 e. The van der Waals surface area contributed by atoms with E-state index < -0.39 is 0 Å². The maximum Gasteiger partial charge on any atom is 0.191 e. The molecule has 0 aliphatic rings. The summed E-state index contributed by atoms with van der Waals surface area (Å²) in [5, 5.41) is 6.80. The fourth-order valence-electron chi connectivity index (χ4n) is 1.40. The minimum Gasteiger partial charge on any atom is -0.356 e. The van der Waals surface area contributed by atoms with Gasteiger partial charge in [0.15, 0.2) is 5.96 Å². The van der Waals surface area contributed by atoms with Crippen molar-refractivity contribution in [2.24, 2.45) is 16.8 Å². The highest BCUT2D eigenvalue weighted by Gasteiger charge is 2.10. The Balaban J connectivity index is 4.02. The molecule has 1 unspecified atom stereocenters. The molecule has 3 heteroatoms. The van der Waals surface area contributed by atoms with Crippen molar-refractivity contribution < 1.29 is 0 Å². The largest absolute Gasteiger partial charge is 0.356 e. The Kier molecular flexibility index (Phi) is 8.04. The molecule has 0 rings (SSSR count). The Morgan fingerprint density at radius 1 is 1.12 bits per heavy atom. The highest BCUT2D eigenvalue weighted by Crippen LogP contribution is 2.05. The molecule has 96 valence electrons. The molecule has 0 aromatic heterocycles. The summed E-state index contributed by atoms with van der Waals surface area (Å²) < 4.78 is 0. The lowest BCUT2D eigenvalue weighted by Gasteiger charge is -2.22. The fraction of sp³-hybridized carbons (Fsp3) is 0.923. The van der Waals surface area contributed by atoms with Crippen LogP contribution in [-0.4, -0.2) is 25.6 Å². The van der Waals surface area contributed by atoms with E-state index in [2.05, 4.69) is 50.2 Å². The van der Waals surface area contributed by atoms with Crippen LogP contribution in [0.2, 0.25) is 0 Å². The van der Waals surface area contributed by atoms with E-state index in [-0.39, 0.29) is 0 Å². The molecule has 2 N–H and O–H groups in total. The van der Waals surface area contributed by atoms with Crippen molar-refractivity contribution in [3.63, 3.8) is 0 Å². The summed E-state index contributed by atoms with van der Waals surface area (Å²) in [6.07, 6.45) is 2.44. The van der Waals surface area contributed by atoms with Crippen LogP contribution in [0.4, 0.5) is 0 Å². The molecule has 0 aromatic rings. The minimum absolute atomic E-state index is 0.452. The number of hydrogen-bond donors (Lipinski definition) is 2. The van der Waals surface area contributed by atoms with Crippen LogP contribution in [0.5, 0.6) is 0 Å². The van der Waals surface area contributed by atoms with Gasteiger partial charge in [-0.25, -0.2) is 0 Å². The van der Waals surface area contributed by atoms with Crippen molar-refractivity contribution >= 4 is 5.96 Å². The lowest BCUT2D eigenvalue weighted by molar-refractivity contribution is 0.460. The van der Waals surface area contributed by atoms with Crippen LogP contribution < -0.4 is 10.6 Å². The highest BCUT2D eigenvalue weighted by atomic mass is 15.2. The third-order valence-corrected chi connectivity index (χ3v) is 3.30. The molecule has 0 spiro atoms. The van der Waals surface area contributed by atoms with E-state index in [1.165, 1.54) is 12.8 Å². The zero-order valence-electron chi connectivity index (χ0n) is 11.8. The molecule has 0 aliphatic carbocycles. The third-order valence-electron chi connectivity index (χ3n) is 3.30. The number of nitrogens with zero attached hydrogens (tertiary/aromatic N) is 1. The normalized spacial score (nSPS) is 14.4. The molecule has 3 nitrogen and oxygen atoms in total. The van der Waals surface area contributed by atoms with Gasteiger partial charge in [-0.3, -0.25) is 4.99 Å². The van der Waals surface area contributed by atoms with Gasteiger partial charge in [-0.2, -0.15) is 0 Å². The SMILES string of the molecule is CCC(CC)CNC(=NC)NC(C)C(C)C. The van der Waals surface area contributed by atoms with E-state index >= 15 is 0 Å². The molecule has 0 saturated heterocycles. The first-order valence-electron chi connectivity index (χ1n) is 6.52. The predicted molar refractivity (Wildman–Crippen MR) is 72.9 cm³/mol. The summed E-state index contributed by atoms with van der Waals surface area (Å²) in [5.41, 5.74) is 0. The zero-order chi connectivity index (χ0) is 12.6. The molecule has 0 aliphatic heterocycles. The summed E-state index contributed by atoms with van der Waals surface area (Å²) in [6, 6.07) is 0.452. The second kappa shape index (κ2) is 8.43. The Bertz CT molecular complexity index is 195. The first kappa shape index (κ1) is 15.3. The molecule has 16 heavy (non-hydrogen) atoms. The third kappa shape index (κ3) is 5.99. The van der Waals surface area contributed by atoms with Crippen molar-refractivity contribution in [1.82, 2.24) is 10.6 Å². The monoisotopic (exact) mass is 227 g/mol. The van der Waals surface area contributed by atoms with Crippen molar-refractivity contribution in [1.29, 1.82) is 0 Å². The topological polar surface area (TPSA) is 36.4 Å². The van der Waals surface area contributed by atoms with Gasteiger partial charge >= 0.3 is 0 Å². The molecule has 0 aromatic carbocycles. The highest BCUT2D eigenvalue weighted by molar-refractivity contribution is 5.79. The maximum atomic E-state index is 4.25. The summed E-state index contributed by atoms with van der Waals surface area (Å²) in [5.74, 6) is 2.28. The Hall–Kier alpha value is -0.730. The summed E-state index contributed by atoms with van der Waals surface area (Å²) >= 11 is 0. The Labute approximate surface area is 101 Å². The number of nitrogens with one attached hydrogen (secondary N) is 2. The average Bonchev–Trinajstić information content (AvgIpc) is 2.28. The van der Waals surface area contributed by atoms with Crippen molar-refractivity contribution in [2.45, 2.75) is 53.5 Å². The number of hydrogen-bond acceptors (Lipinski definition) is 1. The van der Waals surface area contributed by atoms with Crippen molar-refractivity contribution in [3.8, 4) is 0 Å². The van der Waals surface area contributed by atoms with Crippen LogP contribution in [0.15, 0.2) is 4.99 Å². The molecule has 0 amide bonds. The maximum absolute atomic E-state index is 4.25. The minimum atomic E-state index is 0.452. The number of aliphatic imine (C=N–C) groups is 1. The van der Waals surface area contributed by atoms with E-state index in [0.29, 0.717) is 12.0 Å². The van der Waals surface area contributed by atoms with Gasteiger partial charge in [0.05, 0.1) is 0 Å². The second-order valence-electron chi connectivity index (χ2n) is 4.81. The van der Waals surface area contributed by atoms with Gasteiger partial charge in [0.1, 0.15) is 0 Å². The Morgan fingerprint density at radius 3 is 2.06 bits per heavy atom. The van der Waals surface area contributed by atoms with Gasteiger partial charge in [0, 0.05) is 19.6 Å². The lowest BCUT2D eigenvalue weighted by atomic mass is 10.0. The van der Waals surface area contributed by atoms with Gasteiger partial charge < -0.3 is 10.6 Å². The van der Waals surface area contributed by atoms with Crippen LogP contribution >= 0.6 is 0 Å². The quantitative estimate of drug-likeness (QED) is 0.540. The van der Waals surface area contributed by atoms with E-state index in [4.69, 9.17) is 0 Å². The molecule has 0 heterocycles. The van der Waals surface area contributed by atoms with E-state index in [1.807, 2.05) is 7.05 Å². The summed E-state index contributed by atoms with van der Waals surface area (Å²) in [7, 11) is 1.83. The van der Waals surface area contributed by atoms with Crippen molar-refractivity contribution in [2.75, 3.05) is 13.6 Å². The van der Waals surface area contributed by atoms with Crippen LogP contribution in [0, 0.1) is 11.8 Å². The number of rotatable bonds is 6. The Morgan fingerprint density at radius 2 is 1.69 bits per heavy atom. The molecule has 0 fully saturated rings. The van der Waals surface area contributed by atoms with E-state index in [9.17, 15) is 0 Å². The van der Waals surface area contributed by atoms with E-state index in [0.717, 1.165) is 18.4 Å². The number of guanidine groups is 1. The predicted octanol–water partition coefficient (Wildman–Crippen LogP) is 2.63. The van der Waals surface area contributed by atoms with Gasteiger partial charge in [-0.15, -0.1) is 0 Å². The molecule has 0 radical (unpaired) electrons. The lowest BCUT2D eigenvalue weighted by Crippen LogP contribution is -2.45. The van der Waals surface area contributed by atoms with Crippen LogP contribution in [-0.2, 0) is 0 Å².